The van der Waals surface area contributed by atoms with Gasteiger partial charge in [0.25, 0.3) is 0 Å². The van der Waals surface area contributed by atoms with E-state index in [2.05, 4.69) is 21.0 Å². The van der Waals surface area contributed by atoms with E-state index in [9.17, 15) is 24.2 Å². The minimum absolute atomic E-state index is 0.0394. The number of hydrogen-bond donors (Lipinski definition) is 5. The number of rotatable bonds is 9. The highest BCUT2D eigenvalue weighted by Crippen LogP contribution is 2.30. The standard InChI is InChI=1S/C27H24Cl2FN5O4/c28-20-8-4-10-22(26(20)29)32-27(39)33-24-13-23(19-7-1-2-9-21(19)30)34-35(24)18-6-3-5-16(11-18)12-25(38)31-17(14-36)15-37/h1-11,13,17,36-37H,12,14-15H2,(H,31,38)(H2,32,33,39). The van der Waals surface area contributed by atoms with E-state index in [1.165, 1.54) is 16.8 Å². The average molecular weight is 572 g/mol. The van der Waals surface area contributed by atoms with Crippen molar-refractivity contribution in [2.45, 2.75) is 12.5 Å². The fourth-order valence-electron chi connectivity index (χ4n) is 3.75. The van der Waals surface area contributed by atoms with Gasteiger partial charge in [-0.05, 0) is 42.0 Å². The Morgan fingerprint density at radius 1 is 0.949 bits per heavy atom. The van der Waals surface area contributed by atoms with E-state index in [0.29, 0.717) is 16.9 Å². The van der Waals surface area contributed by atoms with Gasteiger partial charge < -0.3 is 20.8 Å². The van der Waals surface area contributed by atoms with Gasteiger partial charge in [0.15, 0.2) is 0 Å². The number of amides is 3. The van der Waals surface area contributed by atoms with Crippen LogP contribution >= 0.6 is 23.2 Å². The summed E-state index contributed by atoms with van der Waals surface area (Å²) in [5.74, 6) is -0.674. The quantitative estimate of drug-likeness (QED) is 0.200. The molecule has 0 atom stereocenters. The molecule has 0 aliphatic rings. The predicted octanol–water partition coefficient (Wildman–Crippen LogP) is 4.64. The molecular formula is C27H24Cl2FN5O4. The van der Waals surface area contributed by atoms with Gasteiger partial charge in [0.05, 0.1) is 52.8 Å². The molecule has 1 aromatic heterocycles. The van der Waals surface area contributed by atoms with E-state index in [-0.39, 0.29) is 33.5 Å². The normalized spacial score (nSPS) is 10.9. The maximum atomic E-state index is 14.6. The van der Waals surface area contributed by atoms with Crippen molar-refractivity contribution in [3.8, 4) is 16.9 Å². The molecule has 202 valence electrons. The lowest BCUT2D eigenvalue weighted by Gasteiger charge is -2.14. The van der Waals surface area contributed by atoms with E-state index in [1.807, 2.05) is 0 Å². The molecule has 0 fully saturated rings. The first-order valence-electron chi connectivity index (χ1n) is 11.8. The summed E-state index contributed by atoms with van der Waals surface area (Å²) >= 11 is 12.2. The van der Waals surface area contributed by atoms with E-state index in [0.717, 1.165) is 0 Å². The van der Waals surface area contributed by atoms with Crippen LogP contribution in [-0.2, 0) is 11.2 Å². The maximum absolute atomic E-state index is 14.6. The van der Waals surface area contributed by atoms with Crippen LogP contribution in [0.25, 0.3) is 16.9 Å². The molecule has 12 heteroatoms. The summed E-state index contributed by atoms with van der Waals surface area (Å²) in [4.78, 5) is 25.3. The Balaban J connectivity index is 1.65. The number of carbonyl (C=O) groups is 2. The number of aliphatic hydroxyl groups excluding tert-OH is 2. The van der Waals surface area contributed by atoms with Crippen molar-refractivity contribution < 1.29 is 24.2 Å². The number of benzene rings is 3. The van der Waals surface area contributed by atoms with E-state index in [1.54, 1.807) is 60.7 Å². The third-order valence-electron chi connectivity index (χ3n) is 5.63. The van der Waals surface area contributed by atoms with E-state index >= 15 is 0 Å². The van der Waals surface area contributed by atoms with Crippen LogP contribution in [0.5, 0.6) is 0 Å². The smallest absolute Gasteiger partial charge is 0.324 e. The molecule has 4 rings (SSSR count). The van der Waals surface area contributed by atoms with Crippen LogP contribution in [0.15, 0.2) is 72.8 Å². The third-order valence-corrected chi connectivity index (χ3v) is 6.45. The van der Waals surface area contributed by atoms with Crippen molar-refractivity contribution in [2.75, 3.05) is 23.8 Å². The lowest BCUT2D eigenvalue weighted by Crippen LogP contribution is -2.40. The zero-order valence-corrected chi connectivity index (χ0v) is 21.9. The number of urea groups is 1. The minimum Gasteiger partial charge on any atom is -0.394 e. The maximum Gasteiger partial charge on any atom is 0.324 e. The molecule has 1 heterocycles. The molecule has 0 unspecified atom stereocenters. The van der Waals surface area contributed by atoms with Gasteiger partial charge in [-0.3, -0.25) is 10.1 Å². The fourth-order valence-corrected chi connectivity index (χ4v) is 4.10. The summed E-state index contributed by atoms with van der Waals surface area (Å²) in [6.07, 6.45) is -0.0394. The van der Waals surface area contributed by atoms with Gasteiger partial charge >= 0.3 is 6.03 Å². The summed E-state index contributed by atoms with van der Waals surface area (Å²) in [5, 5.41) is 31.2. The molecular weight excluding hydrogens is 548 g/mol. The molecule has 3 aromatic carbocycles. The molecule has 0 aliphatic heterocycles. The number of halogens is 3. The zero-order chi connectivity index (χ0) is 27.9. The molecule has 0 radical (unpaired) electrons. The van der Waals surface area contributed by atoms with Gasteiger partial charge in [-0.25, -0.2) is 13.9 Å². The fraction of sp³-hybridized carbons (Fsp3) is 0.148. The molecule has 0 aliphatic carbocycles. The van der Waals surface area contributed by atoms with Crippen molar-refractivity contribution >= 4 is 46.6 Å². The van der Waals surface area contributed by atoms with E-state index in [4.69, 9.17) is 23.2 Å². The van der Waals surface area contributed by atoms with Crippen molar-refractivity contribution in [2.24, 2.45) is 0 Å². The lowest BCUT2D eigenvalue weighted by molar-refractivity contribution is -0.121. The van der Waals surface area contributed by atoms with Gasteiger partial charge in [-0.1, -0.05) is 53.5 Å². The third kappa shape index (κ3) is 6.92. The van der Waals surface area contributed by atoms with Gasteiger partial charge in [0, 0.05) is 11.6 Å². The summed E-state index contributed by atoms with van der Waals surface area (Å²) in [5.41, 5.74) is 1.87. The Labute approximate surface area is 233 Å². The number of hydrogen-bond acceptors (Lipinski definition) is 5. The largest absolute Gasteiger partial charge is 0.394 e. The summed E-state index contributed by atoms with van der Waals surface area (Å²) < 4.78 is 16.0. The van der Waals surface area contributed by atoms with Crippen molar-refractivity contribution in [3.05, 3.63) is 94.2 Å². The van der Waals surface area contributed by atoms with Crippen LogP contribution in [-0.4, -0.2) is 51.2 Å². The lowest BCUT2D eigenvalue weighted by atomic mass is 10.1. The highest BCUT2D eigenvalue weighted by atomic mass is 35.5. The number of aliphatic hydroxyl groups is 2. The zero-order valence-electron chi connectivity index (χ0n) is 20.4. The Bertz CT molecular complexity index is 1490. The second-order valence-corrected chi connectivity index (χ2v) is 9.25. The number of aromatic nitrogens is 2. The molecule has 0 saturated carbocycles. The predicted molar refractivity (Wildman–Crippen MR) is 148 cm³/mol. The first-order chi connectivity index (χ1) is 18.8. The molecule has 0 bridgehead atoms. The molecule has 0 spiro atoms. The highest BCUT2D eigenvalue weighted by molar-refractivity contribution is 6.44. The summed E-state index contributed by atoms with van der Waals surface area (Å²) in [6.45, 7) is -0.794. The highest BCUT2D eigenvalue weighted by Gasteiger charge is 2.18. The van der Waals surface area contributed by atoms with Crippen molar-refractivity contribution in [3.63, 3.8) is 0 Å². The van der Waals surface area contributed by atoms with Crippen molar-refractivity contribution in [1.82, 2.24) is 15.1 Å². The Hall–Kier alpha value is -3.96. The van der Waals surface area contributed by atoms with Crippen LogP contribution in [0.3, 0.4) is 0 Å². The van der Waals surface area contributed by atoms with Gasteiger partial charge in [-0.2, -0.15) is 5.10 Å². The van der Waals surface area contributed by atoms with Crippen LogP contribution in [0.4, 0.5) is 20.7 Å². The van der Waals surface area contributed by atoms with Crippen LogP contribution in [0.1, 0.15) is 5.56 Å². The van der Waals surface area contributed by atoms with Crippen LogP contribution in [0.2, 0.25) is 10.0 Å². The molecule has 39 heavy (non-hydrogen) atoms. The number of nitrogens with one attached hydrogen (secondary N) is 3. The summed E-state index contributed by atoms with van der Waals surface area (Å²) in [7, 11) is 0. The number of carbonyl (C=O) groups excluding carboxylic acids is 2. The van der Waals surface area contributed by atoms with Crippen molar-refractivity contribution in [1.29, 1.82) is 0 Å². The molecule has 5 N–H and O–H groups in total. The van der Waals surface area contributed by atoms with Crippen LogP contribution < -0.4 is 16.0 Å². The van der Waals surface area contributed by atoms with Gasteiger partial charge in [-0.15, -0.1) is 0 Å². The van der Waals surface area contributed by atoms with Gasteiger partial charge in [0.2, 0.25) is 5.91 Å². The SMILES string of the molecule is O=C(Cc1cccc(-n2nc(-c3ccccc3F)cc2NC(=O)Nc2cccc(Cl)c2Cl)c1)NC(CO)CO. The Morgan fingerprint density at radius 3 is 2.44 bits per heavy atom. The second-order valence-electron chi connectivity index (χ2n) is 8.46. The monoisotopic (exact) mass is 571 g/mol. The molecule has 4 aromatic rings. The number of anilines is 2. The molecule has 3 amide bonds. The average Bonchev–Trinajstić information content (AvgIpc) is 3.33. The molecule has 0 saturated heterocycles. The first-order valence-corrected chi connectivity index (χ1v) is 12.5. The Kier molecular flexibility index (Phi) is 9.15. The summed E-state index contributed by atoms with van der Waals surface area (Å²) in [6, 6.07) is 17.8. The second kappa shape index (κ2) is 12.7. The van der Waals surface area contributed by atoms with Gasteiger partial charge in [0.1, 0.15) is 11.6 Å². The van der Waals surface area contributed by atoms with E-state index < -0.39 is 37.0 Å². The topological polar surface area (TPSA) is 129 Å². The number of nitrogens with zero attached hydrogens (tertiary/aromatic N) is 2. The first kappa shape index (κ1) is 28.1. The minimum atomic E-state index is -0.766. The van der Waals surface area contributed by atoms with Crippen LogP contribution in [0, 0.1) is 5.82 Å². The Morgan fingerprint density at radius 2 is 1.69 bits per heavy atom. The molecule has 9 nitrogen and oxygen atoms in total.